The van der Waals surface area contributed by atoms with E-state index in [2.05, 4.69) is 0 Å². The highest BCUT2D eigenvalue weighted by Crippen LogP contribution is 2.07. The highest BCUT2D eigenvalue weighted by Gasteiger charge is 2.16. The van der Waals surface area contributed by atoms with Crippen molar-refractivity contribution in [3.05, 3.63) is 55.4 Å². The maximum atomic E-state index is 12.6. The number of aromatic nitrogens is 1. The number of nitriles is 1. The first-order valence-electron chi connectivity index (χ1n) is 7.19. The van der Waals surface area contributed by atoms with Crippen LogP contribution in [-0.4, -0.2) is 17.0 Å². The topological polar surface area (TPSA) is 72.1 Å². The first-order valence-corrected chi connectivity index (χ1v) is 8.01. The van der Waals surface area contributed by atoms with Crippen LogP contribution in [0.15, 0.2) is 35.1 Å². The van der Waals surface area contributed by atoms with Gasteiger partial charge in [-0.25, -0.2) is 0 Å². The Morgan fingerprint density at radius 2 is 2.04 bits per heavy atom. The van der Waals surface area contributed by atoms with Gasteiger partial charge in [0.25, 0.3) is 5.56 Å². The number of hydrogen-bond donors (Lipinski definition) is 0. The van der Waals surface area contributed by atoms with Crippen molar-refractivity contribution in [3.8, 4) is 6.07 Å². The molecule has 0 aliphatic rings. The van der Waals surface area contributed by atoms with Crippen LogP contribution < -0.4 is 14.8 Å². The van der Waals surface area contributed by atoms with Gasteiger partial charge in [0.15, 0.2) is 0 Å². The van der Waals surface area contributed by atoms with E-state index in [9.17, 15) is 14.9 Å². The summed E-state index contributed by atoms with van der Waals surface area (Å²) < 4.78 is 7.33. The average molecular weight is 328 g/mol. The SMILES string of the molecule is CCOC=c1sc(=C(C#N)C(=O)c2ccccc2)n(CC)c1=O. The van der Waals surface area contributed by atoms with Crippen LogP contribution in [0.2, 0.25) is 0 Å². The van der Waals surface area contributed by atoms with E-state index < -0.39 is 0 Å². The van der Waals surface area contributed by atoms with Gasteiger partial charge in [0.2, 0.25) is 5.78 Å². The molecule has 5 nitrogen and oxygen atoms in total. The lowest BCUT2D eigenvalue weighted by molar-refractivity contribution is 0.105. The summed E-state index contributed by atoms with van der Waals surface area (Å²) in [6.45, 7) is 4.42. The second-order valence-corrected chi connectivity index (χ2v) is 5.61. The molecule has 0 unspecified atom stereocenters. The van der Waals surface area contributed by atoms with Gasteiger partial charge >= 0.3 is 0 Å². The van der Waals surface area contributed by atoms with Crippen molar-refractivity contribution in [2.75, 3.05) is 6.61 Å². The zero-order valence-corrected chi connectivity index (χ0v) is 13.7. The van der Waals surface area contributed by atoms with E-state index in [-0.39, 0.29) is 16.9 Å². The van der Waals surface area contributed by atoms with Gasteiger partial charge < -0.3 is 4.74 Å². The van der Waals surface area contributed by atoms with Crippen molar-refractivity contribution >= 4 is 29.0 Å². The summed E-state index contributed by atoms with van der Waals surface area (Å²) in [5.41, 5.74) is 0.133. The van der Waals surface area contributed by atoms with Crippen molar-refractivity contribution in [3.63, 3.8) is 0 Å². The highest BCUT2D eigenvalue weighted by molar-refractivity contribution is 7.07. The third-order valence-corrected chi connectivity index (χ3v) is 4.28. The predicted octanol–water partition coefficient (Wildman–Crippen LogP) is 1.26. The Kier molecular flexibility index (Phi) is 5.50. The van der Waals surface area contributed by atoms with Crippen LogP contribution in [0.1, 0.15) is 24.2 Å². The molecule has 0 saturated carbocycles. The van der Waals surface area contributed by atoms with Crippen LogP contribution in [0.4, 0.5) is 0 Å². The third kappa shape index (κ3) is 3.41. The number of ether oxygens (including phenoxy) is 1. The van der Waals surface area contributed by atoms with Crippen molar-refractivity contribution in [2.45, 2.75) is 20.4 Å². The molecule has 2 rings (SSSR count). The molecule has 0 atom stereocenters. The lowest BCUT2D eigenvalue weighted by Crippen LogP contribution is -2.32. The van der Waals surface area contributed by atoms with Crippen molar-refractivity contribution < 1.29 is 9.53 Å². The number of thiazole rings is 1. The predicted molar refractivity (Wildman–Crippen MR) is 89.4 cm³/mol. The Morgan fingerprint density at radius 3 is 2.61 bits per heavy atom. The molecule has 6 heteroatoms. The molecule has 0 fully saturated rings. The molecule has 0 radical (unpaired) electrons. The molecule has 0 spiro atoms. The lowest BCUT2D eigenvalue weighted by atomic mass is 10.1. The summed E-state index contributed by atoms with van der Waals surface area (Å²) >= 11 is 1.10. The number of Topliss-reactive ketones (excluding diaryl/α,β-unsaturated/α-hetero) is 1. The zero-order chi connectivity index (χ0) is 16.8. The van der Waals surface area contributed by atoms with Gasteiger partial charge in [-0.3, -0.25) is 14.2 Å². The van der Waals surface area contributed by atoms with Crippen LogP contribution in [0.25, 0.3) is 11.8 Å². The van der Waals surface area contributed by atoms with Gasteiger partial charge in [0.1, 0.15) is 27.1 Å². The molecule has 0 bridgehead atoms. The lowest BCUT2D eigenvalue weighted by Gasteiger charge is -2.00. The summed E-state index contributed by atoms with van der Waals surface area (Å²) in [6, 6.07) is 10.5. The molecule has 2 aromatic rings. The molecular formula is C17H16N2O3S. The van der Waals surface area contributed by atoms with E-state index in [1.165, 1.54) is 10.8 Å². The van der Waals surface area contributed by atoms with E-state index >= 15 is 0 Å². The van der Waals surface area contributed by atoms with E-state index in [1.807, 2.05) is 13.0 Å². The van der Waals surface area contributed by atoms with Gasteiger partial charge in [0.05, 0.1) is 6.61 Å². The first-order chi connectivity index (χ1) is 11.1. The molecule has 1 heterocycles. The number of carbonyl (C=O) groups is 1. The minimum Gasteiger partial charge on any atom is -0.500 e. The second-order valence-electron chi connectivity index (χ2n) is 4.58. The highest BCUT2D eigenvalue weighted by atomic mass is 32.1. The zero-order valence-electron chi connectivity index (χ0n) is 12.9. The number of nitrogens with zero attached hydrogens (tertiary/aromatic N) is 2. The summed E-state index contributed by atoms with van der Waals surface area (Å²) in [5, 5.41) is 9.45. The Bertz CT molecular complexity index is 917. The molecule has 118 valence electrons. The Balaban J connectivity index is 2.74. The number of hydrogen-bond acceptors (Lipinski definition) is 5. The molecule has 0 saturated heterocycles. The summed E-state index contributed by atoms with van der Waals surface area (Å²) in [7, 11) is 0. The van der Waals surface area contributed by atoms with Gasteiger partial charge in [-0.2, -0.15) is 5.26 Å². The van der Waals surface area contributed by atoms with E-state index in [0.29, 0.717) is 27.9 Å². The monoisotopic (exact) mass is 328 g/mol. The van der Waals surface area contributed by atoms with Crippen LogP contribution in [0.3, 0.4) is 0 Å². The molecule has 1 aromatic carbocycles. The molecule has 1 aromatic heterocycles. The molecular weight excluding hydrogens is 312 g/mol. The Labute approximate surface area is 137 Å². The van der Waals surface area contributed by atoms with Gasteiger partial charge in [-0.15, -0.1) is 11.3 Å². The fraction of sp³-hybridized carbons (Fsp3) is 0.235. The molecule has 0 aliphatic carbocycles. The van der Waals surface area contributed by atoms with Crippen LogP contribution >= 0.6 is 11.3 Å². The fourth-order valence-corrected chi connectivity index (χ4v) is 3.15. The summed E-state index contributed by atoms with van der Waals surface area (Å²) in [5.74, 6) is -0.389. The van der Waals surface area contributed by atoms with Crippen LogP contribution in [0.5, 0.6) is 0 Å². The Hall–Kier alpha value is -2.65. The maximum Gasteiger partial charge on any atom is 0.272 e. The fourth-order valence-electron chi connectivity index (χ4n) is 2.06. The van der Waals surface area contributed by atoms with Crippen LogP contribution in [0, 0.1) is 11.3 Å². The van der Waals surface area contributed by atoms with Gasteiger partial charge in [-0.1, -0.05) is 30.3 Å². The number of carbonyl (C=O) groups excluding carboxylic acids is 1. The van der Waals surface area contributed by atoms with Crippen LogP contribution in [-0.2, 0) is 11.3 Å². The van der Waals surface area contributed by atoms with Gasteiger partial charge in [-0.05, 0) is 13.8 Å². The van der Waals surface area contributed by atoms with Gasteiger partial charge in [0, 0.05) is 12.1 Å². The van der Waals surface area contributed by atoms with E-state index in [0.717, 1.165) is 11.3 Å². The van der Waals surface area contributed by atoms with Crippen molar-refractivity contribution in [1.29, 1.82) is 5.26 Å². The second kappa shape index (κ2) is 7.56. The minimum atomic E-state index is -0.389. The first kappa shape index (κ1) is 16.7. The smallest absolute Gasteiger partial charge is 0.272 e. The number of rotatable bonds is 5. The van der Waals surface area contributed by atoms with Crippen molar-refractivity contribution in [2.24, 2.45) is 0 Å². The quantitative estimate of drug-likeness (QED) is 0.775. The van der Waals surface area contributed by atoms with E-state index in [1.54, 1.807) is 37.3 Å². The molecule has 23 heavy (non-hydrogen) atoms. The van der Waals surface area contributed by atoms with E-state index in [4.69, 9.17) is 4.74 Å². The largest absolute Gasteiger partial charge is 0.500 e. The normalized spacial score (nSPS) is 12.7. The number of ketones is 1. The van der Waals surface area contributed by atoms with Crippen molar-refractivity contribution in [1.82, 2.24) is 4.57 Å². The third-order valence-electron chi connectivity index (χ3n) is 3.17. The maximum absolute atomic E-state index is 12.6. The molecule has 0 amide bonds. The minimum absolute atomic E-state index is 0.0312. The summed E-state index contributed by atoms with van der Waals surface area (Å²) in [4.78, 5) is 24.9. The Morgan fingerprint density at radius 1 is 1.35 bits per heavy atom. The number of benzene rings is 1. The summed E-state index contributed by atoms with van der Waals surface area (Å²) in [6.07, 6.45) is 1.38. The molecule has 0 N–H and O–H groups in total. The average Bonchev–Trinajstić information content (AvgIpc) is 2.90. The standard InChI is InChI=1S/C17H16N2O3S/c1-3-19-16(21)14(11-22-4-2)23-17(19)13(10-18)15(20)12-8-6-5-7-9-12/h5-9,11H,3-4H2,1-2H3. The molecule has 0 aliphatic heterocycles.